The summed E-state index contributed by atoms with van der Waals surface area (Å²) in [6.07, 6.45) is 4.00. The quantitative estimate of drug-likeness (QED) is 0.278. The van der Waals surface area contributed by atoms with Crippen LogP contribution in [0.3, 0.4) is 0 Å². The first-order chi connectivity index (χ1) is 15.7. The summed E-state index contributed by atoms with van der Waals surface area (Å²) in [7, 11) is 0. The van der Waals surface area contributed by atoms with E-state index in [1.807, 2.05) is 18.3 Å². The van der Waals surface area contributed by atoms with Gasteiger partial charge in [-0.05, 0) is 49.2 Å². The van der Waals surface area contributed by atoms with Gasteiger partial charge < -0.3 is 15.1 Å². The molecule has 0 radical (unpaired) electrons. The lowest BCUT2D eigenvalue weighted by molar-refractivity contribution is 0.692. The van der Waals surface area contributed by atoms with Crippen LogP contribution in [0.4, 0.5) is 11.4 Å². The van der Waals surface area contributed by atoms with Crippen LogP contribution in [-0.2, 0) is 0 Å². The molecule has 4 nitrogen and oxygen atoms in total. The Labute approximate surface area is 198 Å². The first kappa shape index (κ1) is 23.7. The highest BCUT2D eigenvalue weighted by molar-refractivity contribution is 7.80. The highest BCUT2D eigenvalue weighted by atomic mass is 32.1. The van der Waals surface area contributed by atoms with E-state index < -0.39 is 0 Å². The van der Waals surface area contributed by atoms with Crippen LogP contribution in [0.2, 0.25) is 0 Å². The second kappa shape index (κ2) is 12.8. The molecule has 0 bridgehead atoms. The van der Waals surface area contributed by atoms with E-state index >= 15 is 0 Å². The minimum absolute atomic E-state index is 0.0113. The molecule has 0 fully saturated rings. The van der Waals surface area contributed by atoms with Gasteiger partial charge in [0.2, 0.25) is 0 Å². The van der Waals surface area contributed by atoms with Crippen molar-refractivity contribution in [1.82, 2.24) is 10.3 Å². The van der Waals surface area contributed by atoms with E-state index in [0.717, 1.165) is 43.2 Å². The van der Waals surface area contributed by atoms with Crippen LogP contribution in [0.25, 0.3) is 0 Å². The van der Waals surface area contributed by atoms with Crippen molar-refractivity contribution in [3.8, 4) is 0 Å². The number of nitrogens with one attached hydrogen (secondary N) is 1. The number of pyridine rings is 1. The van der Waals surface area contributed by atoms with E-state index in [4.69, 9.17) is 12.2 Å². The molecule has 0 saturated carbocycles. The summed E-state index contributed by atoms with van der Waals surface area (Å²) >= 11 is 5.96. The van der Waals surface area contributed by atoms with Crippen LogP contribution in [-0.4, -0.2) is 36.3 Å². The summed E-state index contributed by atoms with van der Waals surface area (Å²) in [6.45, 7) is 7.83. The van der Waals surface area contributed by atoms with Crippen LogP contribution in [0, 0.1) is 0 Å². The smallest absolute Gasteiger partial charge is 0.0880 e. The van der Waals surface area contributed by atoms with E-state index in [9.17, 15) is 0 Å². The Balaban J connectivity index is 1.78. The van der Waals surface area contributed by atoms with Crippen molar-refractivity contribution in [2.45, 2.75) is 32.6 Å². The Hall–Kier alpha value is -2.92. The maximum absolute atomic E-state index is 5.96. The zero-order chi connectivity index (χ0) is 22.6. The first-order valence-corrected chi connectivity index (χ1v) is 11.9. The number of rotatable bonds is 12. The maximum atomic E-state index is 5.96. The van der Waals surface area contributed by atoms with Gasteiger partial charge in [-0.15, -0.1) is 0 Å². The molecule has 0 spiro atoms. The Morgan fingerprint density at radius 2 is 1.38 bits per heavy atom. The Kier molecular flexibility index (Phi) is 9.51. The molecular formula is C27H34N4S. The molecule has 1 unspecified atom stereocenters. The Bertz CT molecular complexity index is 918. The third kappa shape index (κ3) is 6.79. The first-order valence-electron chi connectivity index (χ1n) is 11.5. The highest BCUT2D eigenvalue weighted by Gasteiger charge is 2.22. The summed E-state index contributed by atoms with van der Waals surface area (Å²) in [5.41, 5.74) is 3.43. The average molecular weight is 447 g/mol. The number of nitrogens with zero attached hydrogens (tertiary/aromatic N) is 3. The molecule has 0 amide bonds. The predicted octanol–water partition coefficient (Wildman–Crippen LogP) is 5.87. The minimum atomic E-state index is 0.0113. The second-order valence-electron chi connectivity index (χ2n) is 7.89. The lowest BCUT2D eigenvalue weighted by Crippen LogP contribution is -2.42. The van der Waals surface area contributed by atoms with Gasteiger partial charge in [0.15, 0.2) is 0 Å². The van der Waals surface area contributed by atoms with Crippen molar-refractivity contribution in [1.29, 1.82) is 0 Å². The summed E-state index contributed by atoms with van der Waals surface area (Å²) in [6, 6.07) is 27.1. The number of anilines is 2. The second-order valence-corrected chi connectivity index (χ2v) is 8.33. The summed E-state index contributed by atoms with van der Waals surface area (Å²) in [4.78, 5) is 10.2. The van der Waals surface area contributed by atoms with Crippen LogP contribution in [0.5, 0.6) is 0 Å². The number of hydrogen-bond acceptors (Lipinski definition) is 4. The molecule has 3 rings (SSSR count). The fourth-order valence-electron chi connectivity index (χ4n) is 3.85. The predicted molar refractivity (Wildman–Crippen MR) is 141 cm³/mol. The Morgan fingerprint density at radius 3 is 1.94 bits per heavy atom. The SMILES string of the molecule is CCCN(CNC(=S)C(CN(CCC)c1ccccc1)c1ccccn1)c1ccccc1. The number of hydrogen-bond donors (Lipinski definition) is 1. The summed E-state index contributed by atoms with van der Waals surface area (Å²) < 4.78 is 0. The van der Waals surface area contributed by atoms with Crippen LogP contribution in [0.1, 0.15) is 38.3 Å². The molecule has 1 N–H and O–H groups in total. The van der Waals surface area contributed by atoms with Gasteiger partial charge in [0.25, 0.3) is 0 Å². The van der Waals surface area contributed by atoms with Crippen molar-refractivity contribution in [2.24, 2.45) is 0 Å². The van der Waals surface area contributed by atoms with Gasteiger partial charge >= 0.3 is 0 Å². The molecule has 1 heterocycles. The molecule has 0 aliphatic heterocycles. The third-order valence-electron chi connectivity index (χ3n) is 5.44. The molecule has 0 aliphatic rings. The van der Waals surface area contributed by atoms with Gasteiger partial charge in [0.05, 0.1) is 23.3 Å². The highest BCUT2D eigenvalue weighted by Crippen LogP contribution is 2.22. The molecule has 2 aromatic carbocycles. The molecule has 0 aliphatic carbocycles. The normalized spacial score (nSPS) is 11.6. The monoisotopic (exact) mass is 446 g/mol. The average Bonchev–Trinajstić information content (AvgIpc) is 2.85. The van der Waals surface area contributed by atoms with Crippen LogP contribution < -0.4 is 15.1 Å². The minimum Gasteiger partial charge on any atom is -0.370 e. The zero-order valence-electron chi connectivity index (χ0n) is 19.2. The molecule has 1 aromatic heterocycles. The maximum Gasteiger partial charge on any atom is 0.0880 e. The fourth-order valence-corrected chi connectivity index (χ4v) is 4.11. The van der Waals surface area contributed by atoms with Crippen molar-refractivity contribution in [3.05, 3.63) is 90.8 Å². The van der Waals surface area contributed by atoms with Gasteiger partial charge in [-0.3, -0.25) is 4.98 Å². The lowest BCUT2D eigenvalue weighted by atomic mass is 10.0. The standard InChI is InChI=1S/C27H34N4S/c1-3-19-30(23-13-7-5-8-14-23)21-25(26-17-11-12-18-28-26)27(32)29-22-31(20-4-2)24-15-9-6-10-16-24/h5-18,25H,3-4,19-22H2,1-2H3,(H,29,32). The summed E-state index contributed by atoms with van der Waals surface area (Å²) in [5, 5.41) is 3.55. The molecule has 5 heteroatoms. The van der Waals surface area contributed by atoms with E-state index in [-0.39, 0.29) is 5.92 Å². The van der Waals surface area contributed by atoms with E-state index in [1.165, 1.54) is 11.4 Å². The zero-order valence-corrected chi connectivity index (χ0v) is 20.0. The van der Waals surface area contributed by atoms with Gasteiger partial charge in [-0.2, -0.15) is 0 Å². The van der Waals surface area contributed by atoms with Gasteiger partial charge in [0.1, 0.15) is 0 Å². The number of benzene rings is 2. The number of para-hydroxylation sites is 2. The lowest BCUT2D eigenvalue weighted by Gasteiger charge is -2.31. The molecule has 0 saturated heterocycles. The topological polar surface area (TPSA) is 31.4 Å². The molecule has 168 valence electrons. The van der Waals surface area contributed by atoms with Crippen molar-refractivity contribution in [2.75, 3.05) is 36.1 Å². The third-order valence-corrected chi connectivity index (χ3v) is 5.87. The van der Waals surface area contributed by atoms with Crippen molar-refractivity contribution < 1.29 is 0 Å². The van der Waals surface area contributed by atoms with Crippen LogP contribution in [0.15, 0.2) is 85.1 Å². The molecule has 1 atom stereocenters. The van der Waals surface area contributed by atoms with Gasteiger partial charge in [-0.1, -0.05) is 68.5 Å². The Morgan fingerprint density at radius 1 is 0.812 bits per heavy atom. The number of aromatic nitrogens is 1. The van der Waals surface area contributed by atoms with E-state index in [2.05, 4.69) is 101 Å². The van der Waals surface area contributed by atoms with E-state index in [0.29, 0.717) is 6.67 Å². The number of thiocarbonyl (C=S) groups is 1. The van der Waals surface area contributed by atoms with Crippen molar-refractivity contribution in [3.63, 3.8) is 0 Å². The largest absolute Gasteiger partial charge is 0.370 e. The molecule has 3 aromatic rings. The fraction of sp³-hybridized carbons (Fsp3) is 0.333. The molecular weight excluding hydrogens is 412 g/mol. The molecule has 32 heavy (non-hydrogen) atoms. The van der Waals surface area contributed by atoms with E-state index in [1.54, 1.807) is 0 Å². The van der Waals surface area contributed by atoms with Gasteiger partial charge in [0, 0.05) is 37.2 Å². The van der Waals surface area contributed by atoms with Crippen molar-refractivity contribution >= 4 is 28.6 Å². The van der Waals surface area contributed by atoms with Gasteiger partial charge in [-0.25, -0.2) is 0 Å². The summed E-state index contributed by atoms with van der Waals surface area (Å²) in [5.74, 6) is 0.0113. The van der Waals surface area contributed by atoms with Crippen LogP contribution >= 0.6 is 12.2 Å².